The molecule has 2 rings (SSSR count). The largest absolute Gasteiger partial charge is 0.494 e. The Balaban J connectivity index is 2.01. The lowest BCUT2D eigenvalue weighted by molar-refractivity contribution is 0.0386. The maximum atomic E-state index is 12.4. The zero-order valence-corrected chi connectivity index (χ0v) is 16.9. The lowest BCUT2D eigenvalue weighted by Crippen LogP contribution is -2.42. The number of carbonyl (C=O) groups is 3. The highest BCUT2D eigenvalue weighted by Crippen LogP contribution is 2.19. The molecule has 0 aliphatic carbocycles. The minimum absolute atomic E-state index is 0.110. The Labute approximate surface area is 168 Å². The molecule has 1 aromatic carbocycles. The van der Waals surface area contributed by atoms with Crippen molar-refractivity contribution in [1.82, 2.24) is 15.8 Å². The first-order chi connectivity index (χ1) is 13.9. The number of H-pyrrole nitrogens is 1. The van der Waals surface area contributed by atoms with Crippen molar-refractivity contribution in [2.75, 3.05) is 26.9 Å². The number of rotatable bonds is 8. The average molecular weight is 403 g/mol. The Morgan fingerprint density at radius 2 is 1.66 bits per heavy atom. The minimum Gasteiger partial charge on any atom is -0.494 e. The summed E-state index contributed by atoms with van der Waals surface area (Å²) >= 11 is 0. The molecule has 29 heavy (non-hydrogen) atoms. The number of ether oxygens (including phenoxy) is 3. The summed E-state index contributed by atoms with van der Waals surface area (Å²) in [7, 11) is 1.50. The molecule has 3 N–H and O–H groups in total. The summed E-state index contributed by atoms with van der Waals surface area (Å²) in [6.07, 6.45) is 0. The number of hydrogen-bond donors (Lipinski definition) is 3. The van der Waals surface area contributed by atoms with Crippen molar-refractivity contribution < 1.29 is 28.6 Å². The minimum atomic E-state index is -0.583. The molecule has 0 aliphatic heterocycles. The third-order valence-electron chi connectivity index (χ3n) is 4.11. The van der Waals surface area contributed by atoms with Gasteiger partial charge in [0, 0.05) is 18.4 Å². The van der Waals surface area contributed by atoms with E-state index in [1.165, 1.54) is 7.11 Å². The summed E-state index contributed by atoms with van der Waals surface area (Å²) < 4.78 is 15.3. The number of nitrogens with one attached hydrogen (secondary N) is 3. The molecule has 1 heterocycles. The van der Waals surface area contributed by atoms with Crippen molar-refractivity contribution in [3.05, 3.63) is 52.3 Å². The van der Waals surface area contributed by atoms with E-state index < -0.39 is 17.8 Å². The molecule has 156 valence electrons. The van der Waals surface area contributed by atoms with Gasteiger partial charge in [0.2, 0.25) is 0 Å². The van der Waals surface area contributed by atoms with Crippen LogP contribution in [0, 0.1) is 13.8 Å². The van der Waals surface area contributed by atoms with Gasteiger partial charge < -0.3 is 19.2 Å². The second-order valence-electron chi connectivity index (χ2n) is 6.12. The van der Waals surface area contributed by atoms with Gasteiger partial charge in [-0.15, -0.1) is 0 Å². The van der Waals surface area contributed by atoms with Gasteiger partial charge in [0.15, 0.2) is 0 Å². The molecule has 9 nitrogen and oxygen atoms in total. The first-order valence-electron chi connectivity index (χ1n) is 9.07. The number of esters is 1. The van der Waals surface area contributed by atoms with E-state index >= 15 is 0 Å². The number of hydrogen-bond acceptors (Lipinski definition) is 6. The van der Waals surface area contributed by atoms with E-state index in [0.717, 1.165) is 0 Å². The summed E-state index contributed by atoms with van der Waals surface area (Å²) in [5.74, 6) is -0.969. The standard InChI is InChI=1S/C20H25N3O6/c1-5-28-15-8-6-14(7-9-15)18(24)22-23-19(25)17-12(2)16(13(3)21-17)20(26)29-11-10-27-4/h6-9,21H,5,10-11H2,1-4H3,(H,22,24)(H,23,25). The van der Waals surface area contributed by atoms with Crippen LogP contribution in [0.3, 0.4) is 0 Å². The Hall–Kier alpha value is -3.33. The van der Waals surface area contributed by atoms with Crippen LogP contribution >= 0.6 is 0 Å². The van der Waals surface area contributed by atoms with Gasteiger partial charge >= 0.3 is 5.97 Å². The molecule has 9 heteroatoms. The third kappa shape index (κ3) is 5.58. The molecule has 0 spiro atoms. The molecule has 0 fully saturated rings. The van der Waals surface area contributed by atoms with Gasteiger partial charge in [0.05, 0.1) is 18.8 Å². The highest BCUT2D eigenvalue weighted by atomic mass is 16.6. The van der Waals surface area contributed by atoms with Crippen molar-refractivity contribution in [3.63, 3.8) is 0 Å². The third-order valence-corrected chi connectivity index (χ3v) is 4.11. The second kappa shape index (κ2) is 10.3. The quantitative estimate of drug-likeness (QED) is 0.352. The van der Waals surface area contributed by atoms with Gasteiger partial charge in [-0.25, -0.2) is 4.79 Å². The van der Waals surface area contributed by atoms with E-state index in [9.17, 15) is 14.4 Å². The van der Waals surface area contributed by atoms with E-state index in [-0.39, 0.29) is 24.5 Å². The smallest absolute Gasteiger partial charge is 0.340 e. The maximum Gasteiger partial charge on any atom is 0.340 e. The monoisotopic (exact) mass is 403 g/mol. The van der Waals surface area contributed by atoms with Crippen LogP contribution < -0.4 is 15.6 Å². The molecule has 0 bridgehead atoms. The van der Waals surface area contributed by atoms with Crippen LogP contribution in [0.15, 0.2) is 24.3 Å². The number of benzene rings is 1. The van der Waals surface area contributed by atoms with E-state index in [1.54, 1.807) is 38.1 Å². The van der Waals surface area contributed by atoms with Crippen LogP contribution in [-0.2, 0) is 9.47 Å². The van der Waals surface area contributed by atoms with Crippen molar-refractivity contribution in [2.24, 2.45) is 0 Å². The topological polar surface area (TPSA) is 119 Å². The van der Waals surface area contributed by atoms with Gasteiger partial charge in [0.1, 0.15) is 18.1 Å². The zero-order valence-electron chi connectivity index (χ0n) is 16.9. The second-order valence-corrected chi connectivity index (χ2v) is 6.12. The number of hydrazine groups is 1. The van der Waals surface area contributed by atoms with Crippen LogP contribution in [0.25, 0.3) is 0 Å². The van der Waals surface area contributed by atoms with E-state index in [2.05, 4.69) is 15.8 Å². The van der Waals surface area contributed by atoms with Crippen molar-refractivity contribution in [3.8, 4) is 5.75 Å². The van der Waals surface area contributed by atoms with Crippen LogP contribution in [0.5, 0.6) is 5.75 Å². The van der Waals surface area contributed by atoms with Crippen molar-refractivity contribution in [2.45, 2.75) is 20.8 Å². The fourth-order valence-electron chi connectivity index (χ4n) is 2.69. The first-order valence-corrected chi connectivity index (χ1v) is 9.07. The summed E-state index contributed by atoms with van der Waals surface area (Å²) in [5.41, 5.74) is 6.40. The van der Waals surface area contributed by atoms with Gasteiger partial charge in [-0.3, -0.25) is 20.4 Å². The Morgan fingerprint density at radius 1 is 1.00 bits per heavy atom. The number of aromatic amines is 1. The number of aromatic nitrogens is 1. The van der Waals surface area contributed by atoms with Crippen molar-refractivity contribution >= 4 is 17.8 Å². The van der Waals surface area contributed by atoms with E-state index in [1.807, 2.05) is 6.92 Å². The predicted molar refractivity (Wildman–Crippen MR) is 105 cm³/mol. The lowest BCUT2D eigenvalue weighted by atomic mass is 10.1. The number of amides is 2. The Bertz CT molecular complexity index is 873. The molecule has 0 radical (unpaired) electrons. The average Bonchev–Trinajstić information content (AvgIpc) is 3.01. The van der Waals surface area contributed by atoms with Crippen LogP contribution in [0.2, 0.25) is 0 Å². The summed E-state index contributed by atoms with van der Waals surface area (Å²) in [6, 6.07) is 6.51. The molecule has 0 aliphatic rings. The molecule has 0 unspecified atom stereocenters. The zero-order chi connectivity index (χ0) is 21.4. The van der Waals surface area contributed by atoms with Crippen LogP contribution in [-0.4, -0.2) is 49.7 Å². The van der Waals surface area contributed by atoms with Gasteiger partial charge in [-0.05, 0) is 50.6 Å². The molecular formula is C20H25N3O6. The number of aryl methyl sites for hydroxylation is 1. The predicted octanol–water partition coefficient (Wildman–Crippen LogP) is 1.91. The molecule has 2 aromatic rings. The summed E-state index contributed by atoms with van der Waals surface area (Å²) in [4.78, 5) is 39.7. The van der Waals surface area contributed by atoms with Crippen LogP contribution in [0.4, 0.5) is 0 Å². The fourth-order valence-corrected chi connectivity index (χ4v) is 2.69. The highest BCUT2D eigenvalue weighted by molar-refractivity contribution is 6.02. The van der Waals surface area contributed by atoms with Crippen LogP contribution in [0.1, 0.15) is 49.4 Å². The number of methoxy groups -OCH3 is 1. The molecule has 0 atom stereocenters. The summed E-state index contributed by atoms with van der Waals surface area (Å²) in [5, 5.41) is 0. The van der Waals surface area contributed by atoms with Gasteiger partial charge in [-0.2, -0.15) is 0 Å². The fraction of sp³-hybridized carbons (Fsp3) is 0.350. The SMILES string of the molecule is CCOc1ccc(C(=O)NNC(=O)c2[nH]c(C)c(C(=O)OCCOC)c2C)cc1. The van der Waals surface area contributed by atoms with Gasteiger partial charge in [-0.1, -0.05) is 0 Å². The summed E-state index contributed by atoms with van der Waals surface area (Å²) in [6.45, 7) is 6.07. The Kier molecular flexibility index (Phi) is 7.79. The molecular weight excluding hydrogens is 378 g/mol. The van der Waals surface area contributed by atoms with E-state index in [4.69, 9.17) is 14.2 Å². The molecule has 2 amide bonds. The van der Waals surface area contributed by atoms with E-state index in [0.29, 0.717) is 29.2 Å². The highest BCUT2D eigenvalue weighted by Gasteiger charge is 2.23. The Morgan fingerprint density at radius 3 is 2.28 bits per heavy atom. The molecule has 0 saturated carbocycles. The van der Waals surface area contributed by atoms with Crippen molar-refractivity contribution in [1.29, 1.82) is 0 Å². The maximum absolute atomic E-state index is 12.4. The normalized spacial score (nSPS) is 10.3. The molecule has 0 saturated heterocycles. The first kappa shape index (κ1) is 22.0. The van der Waals surface area contributed by atoms with Gasteiger partial charge in [0.25, 0.3) is 11.8 Å². The number of carbonyl (C=O) groups excluding carboxylic acids is 3. The lowest BCUT2D eigenvalue weighted by Gasteiger charge is -2.08. The molecule has 1 aromatic heterocycles.